The van der Waals surface area contributed by atoms with Crippen molar-refractivity contribution in [2.24, 2.45) is 0 Å². The monoisotopic (exact) mass is 212 g/mol. The van der Waals surface area contributed by atoms with Crippen LogP contribution in [-0.2, 0) is 0 Å². The average molecular weight is 212 g/mol. The van der Waals surface area contributed by atoms with E-state index in [9.17, 15) is 0 Å². The second-order valence-electron chi connectivity index (χ2n) is 3.19. The van der Waals surface area contributed by atoms with Crippen LogP contribution < -0.4 is 4.74 Å². The molecule has 0 saturated heterocycles. The van der Waals surface area contributed by atoms with E-state index in [1.165, 1.54) is 11.1 Å². The SMILES string of the molecule is COc1cc(C)cc(C)c1SCCO. The van der Waals surface area contributed by atoms with Gasteiger partial charge in [-0.1, -0.05) is 6.07 Å². The van der Waals surface area contributed by atoms with Gasteiger partial charge in [-0.15, -0.1) is 11.8 Å². The van der Waals surface area contributed by atoms with Crippen molar-refractivity contribution in [3.05, 3.63) is 23.3 Å². The lowest BCUT2D eigenvalue weighted by molar-refractivity contribution is 0.322. The van der Waals surface area contributed by atoms with E-state index in [1.54, 1.807) is 18.9 Å². The summed E-state index contributed by atoms with van der Waals surface area (Å²) < 4.78 is 5.30. The third-order valence-electron chi connectivity index (χ3n) is 1.94. The lowest BCUT2D eigenvalue weighted by atomic mass is 10.1. The number of rotatable bonds is 4. The number of thioether (sulfide) groups is 1. The minimum atomic E-state index is 0.196. The largest absolute Gasteiger partial charge is 0.496 e. The minimum absolute atomic E-state index is 0.196. The molecule has 1 aromatic carbocycles. The molecule has 0 unspecified atom stereocenters. The number of ether oxygens (including phenoxy) is 1. The zero-order chi connectivity index (χ0) is 10.6. The molecule has 0 radical (unpaired) electrons. The molecule has 0 heterocycles. The first-order valence-electron chi connectivity index (χ1n) is 4.58. The molecule has 1 rings (SSSR count). The quantitative estimate of drug-likeness (QED) is 0.777. The van der Waals surface area contributed by atoms with E-state index in [0.717, 1.165) is 10.6 Å². The van der Waals surface area contributed by atoms with Crippen LogP contribution in [0.1, 0.15) is 11.1 Å². The average Bonchev–Trinajstić information content (AvgIpc) is 2.15. The first-order valence-corrected chi connectivity index (χ1v) is 5.56. The van der Waals surface area contributed by atoms with E-state index < -0.39 is 0 Å². The maximum Gasteiger partial charge on any atom is 0.132 e. The van der Waals surface area contributed by atoms with Crippen molar-refractivity contribution in [1.29, 1.82) is 0 Å². The van der Waals surface area contributed by atoms with Gasteiger partial charge in [-0.25, -0.2) is 0 Å². The van der Waals surface area contributed by atoms with Gasteiger partial charge in [0.25, 0.3) is 0 Å². The van der Waals surface area contributed by atoms with Crippen molar-refractivity contribution in [2.45, 2.75) is 18.7 Å². The highest BCUT2D eigenvalue weighted by atomic mass is 32.2. The smallest absolute Gasteiger partial charge is 0.132 e. The molecule has 2 nitrogen and oxygen atoms in total. The molecule has 3 heteroatoms. The van der Waals surface area contributed by atoms with Gasteiger partial charge in [0.15, 0.2) is 0 Å². The van der Waals surface area contributed by atoms with Crippen molar-refractivity contribution in [1.82, 2.24) is 0 Å². The highest BCUT2D eigenvalue weighted by Crippen LogP contribution is 2.33. The van der Waals surface area contributed by atoms with Gasteiger partial charge in [0.2, 0.25) is 0 Å². The lowest BCUT2D eigenvalue weighted by Crippen LogP contribution is -1.93. The van der Waals surface area contributed by atoms with E-state index in [1.807, 2.05) is 6.07 Å². The number of aryl methyl sites for hydroxylation is 2. The fourth-order valence-electron chi connectivity index (χ4n) is 1.40. The Kier molecular flexibility index (Phi) is 4.29. The summed E-state index contributed by atoms with van der Waals surface area (Å²) in [5.74, 6) is 1.61. The Balaban J connectivity index is 2.99. The molecule has 14 heavy (non-hydrogen) atoms. The van der Waals surface area contributed by atoms with Gasteiger partial charge in [-0.3, -0.25) is 0 Å². The summed E-state index contributed by atoms with van der Waals surface area (Å²) in [6.45, 7) is 4.31. The van der Waals surface area contributed by atoms with Gasteiger partial charge >= 0.3 is 0 Å². The summed E-state index contributed by atoms with van der Waals surface area (Å²) in [5.41, 5.74) is 2.41. The molecule has 0 bridgehead atoms. The number of methoxy groups -OCH3 is 1. The number of hydrogen-bond acceptors (Lipinski definition) is 3. The van der Waals surface area contributed by atoms with Crippen molar-refractivity contribution in [3.8, 4) is 5.75 Å². The topological polar surface area (TPSA) is 29.5 Å². The molecule has 0 aliphatic heterocycles. The zero-order valence-corrected chi connectivity index (χ0v) is 9.65. The molecule has 0 saturated carbocycles. The normalized spacial score (nSPS) is 10.3. The third-order valence-corrected chi connectivity index (χ3v) is 3.14. The summed E-state index contributed by atoms with van der Waals surface area (Å²) in [4.78, 5) is 1.13. The molecule has 0 spiro atoms. The fourth-order valence-corrected chi connectivity index (χ4v) is 2.27. The van der Waals surface area contributed by atoms with E-state index in [-0.39, 0.29) is 6.61 Å². The van der Waals surface area contributed by atoms with Crippen LogP contribution in [0.4, 0.5) is 0 Å². The second-order valence-corrected chi connectivity index (χ2v) is 4.29. The summed E-state index contributed by atoms with van der Waals surface area (Å²) in [6.07, 6.45) is 0. The molecule has 0 atom stereocenters. The molecular formula is C11H16O2S. The van der Waals surface area contributed by atoms with Gasteiger partial charge in [-0.05, 0) is 31.0 Å². The summed E-state index contributed by atoms with van der Waals surface area (Å²) in [6, 6.07) is 4.15. The lowest BCUT2D eigenvalue weighted by Gasteiger charge is -2.11. The van der Waals surface area contributed by atoms with E-state index in [2.05, 4.69) is 19.9 Å². The van der Waals surface area contributed by atoms with Crippen LogP contribution in [0, 0.1) is 13.8 Å². The van der Waals surface area contributed by atoms with Crippen LogP contribution in [0.5, 0.6) is 5.75 Å². The maximum absolute atomic E-state index is 8.78. The Labute approximate surface area is 89.3 Å². The van der Waals surface area contributed by atoms with Crippen molar-refractivity contribution in [2.75, 3.05) is 19.5 Å². The zero-order valence-electron chi connectivity index (χ0n) is 8.83. The predicted molar refractivity (Wildman–Crippen MR) is 60.3 cm³/mol. The standard InChI is InChI=1S/C11H16O2S/c1-8-6-9(2)11(14-5-4-12)10(7-8)13-3/h6-7,12H,4-5H2,1-3H3. The summed E-state index contributed by atoms with van der Waals surface area (Å²) in [5, 5.41) is 8.78. The Bertz CT molecular complexity index is 310. The fraction of sp³-hybridized carbons (Fsp3) is 0.455. The maximum atomic E-state index is 8.78. The summed E-state index contributed by atoms with van der Waals surface area (Å²) in [7, 11) is 1.68. The van der Waals surface area contributed by atoms with Crippen LogP contribution in [0.3, 0.4) is 0 Å². The Morgan fingerprint density at radius 2 is 2.07 bits per heavy atom. The number of aliphatic hydroxyl groups excluding tert-OH is 1. The molecule has 0 aliphatic carbocycles. The van der Waals surface area contributed by atoms with Crippen molar-refractivity contribution >= 4 is 11.8 Å². The van der Waals surface area contributed by atoms with Gasteiger partial charge in [0, 0.05) is 5.75 Å². The van der Waals surface area contributed by atoms with E-state index >= 15 is 0 Å². The third kappa shape index (κ3) is 2.66. The Morgan fingerprint density at radius 3 is 2.64 bits per heavy atom. The Morgan fingerprint density at radius 1 is 1.36 bits per heavy atom. The first-order chi connectivity index (χ1) is 6.69. The van der Waals surface area contributed by atoms with Crippen molar-refractivity contribution in [3.63, 3.8) is 0 Å². The molecule has 1 aromatic rings. The van der Waals surface area contributed by atoms with Crippen LogP contribution in [0.2, 0.25) is 0 Å². The molecular weight excluding hydrogens is 196 g/mol. The molecule has 78 valence electrons. The number of aliphatic hydroxyl groups is 1. The Hall–Kier alpha value is -0.670. The van der Waals surface area contributed by atoms with Gasteiger partial charge in [0.1, 0.15) is 5.75 Å². The van der Waals surface area contributed by atoms with Gasteiger partial charge in [0.05, 0.1) is 18.6 Å². The first kappa shape index (κ1) is 11.4. The van der Waals surface area contributed by atoms with Crippen molar-refractivity contribution < 1.29 is 9.84 Å². The van der Waals surface area contributed by atoms with E-state index in [0.29, 0.717) is 5.75 Å². The van der Waals surface area contributed by atoms with Gasteiger partial charge in [-0.2, -0.15) is 0 Å². The number of benzene rings is 1. The van der Waals surface area contributed by atoms with Crippen LogP contribution in [-0.4, -0.2) is 24.6 Å². The van der Waals surface area contributed by atoms with Gasteiger partial charge < -0.3 is 9.84 Å². The molecule has 1 N–H and O–H groups in total. The van der Waals surface area contributed by atoms with Crippen LogP contribution in [0.25, 0.3) is 0 Å². The van der Waals surface area contributed by atoms with E-state index in [4.69, 9.17) is 9.84 Å². The number of hydrogen-bond donors (Lipinski definition) is 1. The molecule has 0 amide bonds. The highest BCUT2D eigenvalue weighted by molar-refractivity contribution is 7.99. The molecule has 0 fully saturated rings. The predicted octanol–water partition coefficient (Wildman–Crippen LogP) is 2.40. The minimum Gasteiger partial charge on any atom is -0.496 e. The van der Waals surface area contributed by atoms with Crippen LogP contribution in [0.15, 0.2) is 17.0 Å². The highest BCUT2D eigenvalue weighted by Gasteiger charge is 2.07. The second kappa shape index (κ2) is 5.27. The molecule has 0 aromatic heterocycles. The molecule has 0 aliphatic rings. The summed E-state index contributed by atoms with van der Waals surface area (Å²) >= 11 is 1.63. The van der Waals surface area contributed by atoms with Crippen LogP contribution >= 0.6 is 11.8 Å².